The lowest BCUT2D eigenvalue weighted by atomic mass is 10.9. The molecule has 2 heteroatoms. The maximum absolute atomic E-state index is 11.3. The monoisotopic (exact) mass is 135 g/mol. The predicted octanol–water partition coefficient (Wildman–Crippen LogP) is 1.55. The van der Waals surface area contributed by atoms with Crippen LogP contribution in [0.3, 0.4) is 0 Å². The van der Waals surface area contributed by atoms with Crippen molar-refractivity contribution >= 4 is 9.93 Å². The fourth-order valence-corrected chi connectivity index (χ4v) is 1.84. The Kier molecular flexibility index (Phi) is 3.29. The van der Waals surface area contributed by atoms with Crippen LogP contribution >= 0.6 is 0 Å². The lowest BCUT2D eigenvalue weighted by Crippen LogP contribution is -2.18. The largest absolute Gasteiger partial charge is 0.109 e. The molecule has 0 fully saturated rings. The van der Waals surface area contributed by atoms with Crippen molar-refractivity contribution in [3.8, 4) is 0 Å². The zero-order valence-corrected chi connectivity index (χ0v) is 6.75. The van der Waals surface area contributed by atoms with Crippen LogP contribution in [0.5, 0.6) is 0 Å². The average molecular weight is 135 g/mol. The molecule has 0 rings (SSSR count). The van der Waals surface area contributed by atoms with Gasteiger partial charge in [-0.1, -0.05) is 0 Å². The predicted molar refractivity (Wildman–Crippen MR) is 39.7 cm³/mol. The molecule has 0 bridgehead atoms. The van der Waals surface area contributed by atoms with E-state index < -0.39 is 9.93 Å². The minimum atomic E-state index is -1.40. The van der Waals surface area contributed by atoms with E-state index in [9.17, 15) is 4.21 Å². The second-order valence-electron chi connectivity index (χ2n) is 1.83. The summed E-state index contributed by atoms with van der Waals surface area (Å²) in [4.78, 5) is 0. The third-order valence-corrected chi connectivity index (χ3v) is 4.73. The molecule has 0 aliphatic carbocycles. The molecular formula is C6H15OS+. The molecule has 0 aromatic rings. The highest BCUT2D eigenvalue weighted by Gasteiger charge is 2.17. The van der Waals surface area contributed by atoms with Gasteiger partial charge in [0, 0.05) is 0 Å². The molecule has 50 valence electrons. The Morgan fingerprint density at radius 2 is 1.25 bits per heavy atom. The summed E-state index contributed by atoms with van der Waals surface area (Å²) >= 11 is 0. The van der Waals surface area contributed by atoms with E-state index in [1.807, 2.05) is 20.8 Å². The maximum Gasteiger partial charge on any atom is 0.109 e. The van der Waals surface area contributed by atoms with Crippen LogP contribution in [0.2, 0.25) is 0 Å². The minimum Gasteiger partial charge on any atom is -0.106 e. The second kappa shape index (κ2) is 3.23. The third kappa shape index (κ3) is 1.95. The van der Waals surface area contributed by atoms with Gasteiger partial charge in [0.25, 0.3) is 0 Å². The average Bonchev–Trinajstić information content (AvgIpc) is 1.87. The van der Waals surface area contributed by atoms with Crippen molar-refractivity contribution in [2.45, 2.75) is 20.8 Å². The SMILES string of the molecule is CC[S+](=O)(CC)CC. The highest BCUT2D eigenvalue weighted by Crippen LogP contribution is 2.02. The zero-order valence-electron chi connectivity index (χ0n) is 5.94. The molecule has 0 unspecified atom stereocenters. The smallest absolute Gasteiger partial charge is 0.106 e. The van der Waals surface area contributed by atoms with E-state index in [2.05, 4.69) is 0 Å². The van der Waals surface area contributed by atoms with Gasteiger partial charge in [0.1, 0.15) is 17.3 Å². The Bertz CT molecular complexity index is 79.7. The van der Waals surface area contributed by atoms with Crippen LogP contribution in [0.1, 0.15) is 20.8 Å². The molecule has 0 aromatic heterocycles. The van der Waals surface area contributed by atoms with E-state index in [-0.39, 0.29) is 0 Å². The fourth-order valence-electron chi connectivity index (χ4n) is 0.612. The molecule has 8 heavy (non-hydrogen) atoms. The van der Waals surface area contributed by atoms with Crippen LogP contribution in [0.25, 0.3) is 0 Å². The summed E-state index contributed by atoms with van der Waals surface area (Å²) in [5.41, 5.74) is 0. The third-order valence-electron chi connectivity index (χ3n) is 1.58. The van der Waals surface area contributed by atoms with Gasteiger partial charge in [0.05, 0.1) is 9.93 Å². The van der Waals surface area contributed by atoms with Crippen LogP contribution < -0.4 is 0 Å². The molecule has 0 saturated carbocycles. The van der Waals surface area contributed by atoms with Gasteiger partial charge in [-0.25, -0.2) is 0 Å². The van der Waals surface area contributed by atoms with Crippen molar-refractivity contribution in [1.29, 1.82) is 0 Å². The first-order valence-electron chi connectivity index (χ1n) is 3.15. The van der Waals surface area contributed by atoms with Crippen molar-refractivity contribution in [3.63, 3.8) is 0 Å². The van der Waals surface area contributed by atoms with Crippen molar-refractivity contribution in [2.75, 3.05) is 17.3 Å². The highest BCUT2D eigenvalue weighted by atomic mass is 32.2. The molecule has 0 saturated heterocycles. The molecule has 0 aliphatic heterocycles. The van der Waals surface area contributed by atoms with E-state index in [0.717, 1.165) is 17.3 Å². The Morgan fingerprint density at radius 3 is 1.25 bits per heavy atom. The van der Waals surface area contributed by atoms with Gasteiger partial charge in [-0.2, -0.15) is 0 Å². The van der Waals surface area contributed by atoms with Crippen LogP contribution in [0, 0.1) is 0 Å². The minimum absolute atomic E-state index is 0.847. The van der Waals surface area contributed by atoms with Gasteiger partial charge in [0.2, 0.25) is 0 Å². The summed E-state index contributed by atoms with van der Waals surface area (Å²) in [5.74, 6) is 2.54. The molecule has 0 heterocycles. The first kappa shape index (κ1) is 8.15. The maximum atomic E-state index is 11.3. The van der Waals surface area contributed by atoms with E-state index in [1.54, 1.807) is 0 Å². The van der Waals surface area contributed by atoms with Crippen molar-refractivity contribution in [3.05, 3.63) is 0 Å². The first-order chi connectivity index (χ1) is 3.68. The summed E-state index contributed by atoms with van der Waals surface area (Å²) in [6, 6.07) is 0. The summed E-state index contributed by atoms with van der Waals surface area (Å²) in [6.07, 6.45) is 0. The lowest BCUT2D eigenvalue weighted by molar-refractivity contribution is 0.586. The Labute approximate surface area is 52.9 Å². The number of hydrogen-bond acceptors (Lipinski definition) is 1. The first-order valence-corrected chi connectivity index (χ1v) is 5.22. The molecule has 0 atom stereocenters. The number of rotatable bonds is 3. The molecule has 0 aliphatic rings. The fraction of sp³-hybridized carbons (Fsp3) is 1.00. The number of hydrogen-bond donors (Lipinski definition) is 0. The van der Waals surface area contributed by atoms with Gasteiger partial charge in [-0.15, -0.1) is 4.21 Å². The molecular weight excluding hydrogens is 120 g/mol. The quantitative estimate of drug-likeness (QED) is 0.536. The van der Waals surface area contributed by atoms with Gasteiger partial charge in [0.15, 0.2) is 0 Å². The van der Waals surface area contributed by atoms with E-state index >= 15 is 0 Å². The van der Waals surface area contributed by atoms with E-state index in [0.29, 0.717) is 0 Å². The summed E-state index contributed by atoms with van der Waals surface area (Å²) in [7, 11) is -1.40. The topological polar surface area (TPSA) is 17.1 Å². The highest BCUT2D eigenvalue weighted by molar-refractivity contribution is 8.02. The van der Waals surface area contributed by atoms with Gasteiger partial charge in [-0.3, -0.25) is 0 Å². The van der Waals surface area contributed by atoms with Crippen LogP contribution in [-0.4, -0.2) is 17.3 Å². The van der Waals surface area contributed by atoms with Crippen molar-refractivity contribution < 1.29 is 4.21 Å². The summed E-state index contributed by atoms with van der Waals surface area (Å²) in [6.45, 7) is 5.99. The molecule has 0 radical (unpaired) electrons. The van der Waals surface area contributed by atoms with E-state index in [1.165, 1.54) is 0 Å². The molecule has 0 amide bonds. The molecule has 0 aromatic carbocycles. The van der Waals surface area contributed by atoms with Gasteiger partial charge >= 0.3 is 0 Å². The van der Waals surface area contributed by atoms with Gasteiger partial charge in [-0.05, 0) is 20.8 Å². The van der Waals surface area contributed by atoms with Gasteiger partial charge < -0.3 is 0 Å². The Hall–Kier alpha value is 0.150. The molecule has 0 spiro atoms. The second-order valence-corrected chi connectivity index (χ2v) is 5.50. The van der Waals surface area contributed by atoms with Crippen molar-refractivity contribution in [2.24, 2.45) is 0 Å². The van der Waals surface area contributed by atoms with Crippen LogP contribution in [0.15, 0.2) is 0 Å². The Balaban J connectivity index is 3.79. The summed E-state index contributed by atoms with van der Waals surface area (Å²) in [5, 5.41) is 0. The standard InChI is InChI=1S/C6H15OS/c1-4-8(7,5-2)6-3/h4-6H2,1-3H3/q+1. The lowest BCUT2D eigenvalue weighted by Gasteiger charge is -2.02. The Morgan fingerprint density at radius 1 is 1.00 bits per heavy atom. The molecule has 1 nitrogen and oxygen atoms in total. The van der Waals surface area contributed by atoms with E-state index in [4.69, 9.17) is 0 Å². The zero-order chi connectivity index (χ0) is 6.62. The molecule has 0 N–H and O–H groups in total. The van der Waals surface area contributed by atoms with Crippen molar-refractivity contribution in [1.82, 2.24) is 0 Å². The van der Waals surface area contributed by atoms with Crippen LogP contribution in [0.4, 0.5) is 0 Å². The van der Waals surface area contributed by atoms with Crippen LogP contribution in [-0.2, 0) is 14.1 Å². The summed E-state index contributed by atoms with van der Waals surface area (Å²) < 4.78 is 11.3. The normalized spacial score (nSPS) is 11.9.